The van der Waals surface area contributed by atoms with Crippen molar-refractivity contribution in [2.45, 2.75) is 38.9 Å². The van der Waals surface area contributed by atoms with E-state index in [0.717, 1.165) is 21.9 Å². The lowest BCUT2D eigenvalue weighted by Crippen LogP contribution is -2.30. The van der Waals surface area contributed by atoms with E-state index in [0.29, 0.717) is 11.7 Å². The van der Waals surface area contributed by atoms with Crippen molar-refractivity contribution in [3.63, 3.8) is 0 Å². The molecule has 0 aliphatic heterocycles. The monoisotopic (exact) mass is 295 g/mol. The molecule has 0 aromatic carbocycles. The molecular weight excluding hydrogens is 275 g/mol. The van der Waals surface area contributed by atoms with Crippen molar-refractivity contribution in [3.05, 3.63) is 10.6 Å². The summed E-state index contributed by atoms with van der Waals surface area (Å²) in [5.41, 5.74) is 0.908. The molecule has 1 atom stereocenters. The Bertz CT molecular complexity index is 403. The van der Waals surface area contributed by atoms with Crippen molar-refractivity contribution in [2.24, 2.45) is 0 Å². The second-order valence-corrected chi connectivity index (χ2v) is 5.68. The number of nitrogens with zero attached hydrogens (tertiary/aromatic N) is 2. The Labute approximate surface area is 115 Å². The molecule has 1 N–H and O–H groups in total. The molecular formula is C12H20F3N3S. The molecule has 19 heavy (non-hydrogen) atoms. The summed E-state index contributed by atoms with van der Waals surface area (Å²) >= 11 is 1.33. The number of thiazole rings is 1. The van der Waals surface area contributed by atoms with Crippen LogP contribution in [0.25, 0.3) is 0 Å². The average molecular weight is 295 g/mol. The van der Waals surface area contributed by atoms with Gasteiger partial charge in [-0.3, -0.25) is 0 Å². The van der Waals surface area contributed by atoms with Crippen molar-refractivity contribution in [1.82, 2.24) is 10.3 Å². The SMILES string of the molecule is CCC(C)c1nc(N(C)CC(F)(F)F)sc1CNC. The fourth-order valence-electron chi connectivity index (χ4n) is 1.72. The molecule has 1 unspecified atom stereocenters. The van der Waals surface area contributed by atoms with Crippen molar-refractivity contribution in [2.75, 3.05) is 25.5 Å². The first-order valence-corrected chi connectivity index (χ1v) is 7.02. The number of anilines is 1. The fourth-order valence-corrected chi connectivity index (χ4v) is 2.87. The summed E-state index contributed by atoms with van der Waals surface area (Å²) in [6.45, 7) is 3.75. The topological polar surface area (TPSA) is 28.2 Å². The van der Waals surface area contributed by atoms with Crippen LogP contribution in [0.15, 0.2) is 0 Å². The van der Waals surface area contributed by atoms with E-state index in [1.54, 1.807) is 0 Å². The molecule has 1 heterocycles. The molecule has 0 saturated heterocycles. The van der Waals surface area contributed by atoms with Crippen LogP contribution in [0.5, 0.6) is 0 Å². The standard InChI is InChI=1S/C12H20F3N3S/c1-5-8(2)10-9(6-16-3)19-11(17-10)18(4)7-12(13,14)15/h8,16H,5-7H2,1-4H3. The molecule has 7 heteroatoms. The van der Waals surface area contributed by atoms with Gasteiger partial charge in [-0.25, -0.2) is 4.98 Å². The largest absolute Gasteiger partial charge is 0.405 e. The number of nitrogens with one attached hydrogen (secondary N) is 1. The normalized spacial score (nSPS) is 13.6. The summed E-state index contributed by atoms with van der Waals surface area (Å²) < 4.78 is 37.2. The van der Waals surface area contributed by atoms with Gasteiger partial charge in [0, 0.05) is 18.5 Å². The van der Waals surface area contributed by atoms with Crippen LogP contribution in [0.4, 0.5) is 18.3 Å². The molecule has 0 bridgehead atoms. The number of alkyl halides is 3. The van der Waals surface area contributed by atoms with E-state index in [-0.39, 0.29) is 5.92 Å². The van der Waals surface area contributed by atoms with E-state index < -0.39 is 12.7 Å². The predicted molar refractivity (Wildman–Crippen MR) is 72.9 cm³/mol. The van der Waals surface area contributed by atoms with Crippen LogP contribution in [0.3, 0.4) is 0 Å². The summed E-state index contributed by atoms with van der Waals surface area (Å²) in [5, 5.41) is 3.46. The van der Waals surface area contributed by atoms with Gasteiger partial charge in [-0.15, -0.1) is 11.3 Å². The molecule has 1 rings (SSSR count). The first kappa shape index (κ1) is 16.2. The first-order chi connectivity index (χ1) is 8.78. The zero-order valence-corrected chi connectivity index (χ0v) is 12.5. The maximum atomic E-state index is 12.4. The van der Waals surface area contributed by atoms with Gasteiger partial charge < -0.3 is 10.2 Å². The van der Waals surface area contributed by atoms with Gasteiger partial charge in [0.2, 0.25) is 0 Å². The molecule has 1 aromatic rings. The summed E-state index contributed by atoms with van der Waals surface area (Å²) in [6, 6.07) is 0. The Balaban J connectivity index is 2.96. The van der Waals surface area contributed by atoms with Crippen LogP contribution in [0.1, 0.15) is 36.8 Å². The highest BCUT2D eigenvalue weighted by molar-refractivity contribution is 7.15. The lowest BCUT2D eigenvalue weighted by atomic mass is 10.0. The first-order valence-electron chi connectivity index (χ1n) is 6.20. The third kappa shape index (κ3) is 4.65. The van der Waals surface area contributed by atoms with Crippen LogP contribution in [-0.4, -0.2) is 31.8 Å². The second kappa shape index (κ2) is 6.56. The van der Waals surface area contributed by atoms with Gasteiger partial charge in [0.25, 0.3) is 0 Å². The highest BCUT2D eigenvalue weighted by Gasteiger charge is 2.31. The molecule has 0 saturated carbocycles. The number of hydrogen-bond acceptors (Lipinski definition) is 4. The van der Waals surface area contributed by atoms with Gasteiger partial charge in [0.15, 0.2) is 5.13 Å². The Kier molecular flexibility index (Phi) is 5.61. The minimum atomic E-state index is -4.21. The molecule has 0 aliphatic rings. The van der Waals surface area contributed by atoms with Crippen molar-refractivity contribution in [3.8, 4) is 0 Å². The number of halogens is 3. The fraction of sp³-hybridized carbons (Fsp3) is 0.750. The highest BCUT2D eigenvalue weighted by atomic mass is 32.1. The zero-order chi connectivity index (χ0) is 14.6. The summed E-state index contributed by atoms with van der Waals surface area (Å²) in [4.78, 5) is 6.57. The lowest BCUT2D eigenvalue weighted by molar-refractivity contribution is -0.119. The third-order valence-corrected chi connectivity index (χ3v) is 4.06. The number of hydrogen-bond donors (Lipinski definition) is 1. The number of aromatic nitrogens is 1. The Hall–Kier alpha value is -0.820. The van der Waals surface area contributed by atoms with Gasteiger partial charge in [-0.2, -0.15) is 13.2 Å². The molecule has 1 aromatic heterocycles. The van der Waals surface area contributed by atoms with Crippen LogP contribution >= 0.6 is 11.3 Å². The van der Waals surface area contributed by atoms with E-state index in [4.69, 9.17) is 0 Å². The number of rotatable bonds is 6. The van der Waals surface area contributed by atoms with Gasteiger partial charge in [-0.1, -0.05) is 13.8 Å². The molecule has 0 aliphatic carbocycles. The third-order valence-electron chi connectivity index (χ3n) is 2.88. The van der Waals surface area contributed by atoms with Crippen molar-refractivity contribution >= 4 is 16.5 Å². The average Bonchev–Trinajstić information content (AvgIpc) is 2.70. The van der Waals surface area contributed by atoms with E-state index >= 15 is 0 Å². The Morgan fingerprint density at radius 2 is 2.05 bits per heavy atom. The smallest absolute Gasteiger partial charge is 0.342 e. The maximum absolute atomic E-state index is 12.4. The van der Waals surface area contributed by atoms with E-state index in [1.807, 2.05) is 20.9 Å². The molecule has 0 fully saturated rings. The molecule has 3 nitrogen and oxygen atoms in total. The Morgan fingerprint density at radius 3 is 2.53 bits per heavy atom. The summed E-state index contributed by atoms with van der Waals surface area (Å²) in [6.07, 6.45) is -3.29. The van der Waals surface area contributed by atoms with Crippen molar-refractivity contribution in [1.29, 1.82) is 0 Å². The predicted octanol–water partition coefficient (Wildman–Crippen LogP) is 3.37. The molecule has 0 spiro atoms. The second-order valence-electron chi connectivity index (χ2n) is 4.62. The van der Waals surface area contributed by atoms with Crippen LogP contribution < -0.4 is 10.2 Å². The van der Waals surface area contributed by atoms with Gasteiger partial charge in [0.1, 0.15) is 6.54 Å². The minimum Gasteiger partial charge on any atom is -0.342 e. The maximum Gasteiger partial charge on any atom is 0.405 e. The van der Waals surface area contributed by atoms with E-state index in [2.05, 4.69) is 10.3 Å². The molecule has 0 radical (unpaired) electrons. The summed E-state index contributed by atoms with van der Waals surface area (Å²) in [5.74, 6) is 0.257. The molecule has 0 amide bonds. The van der Waals surface area contributed by atoms with Crippen LogP contribution in [0.2, 0.25) is 0 Å². The quantitative estimate of drug-likeness (QED) is 0.872. The highest BCUT2D eigenvalue weighted by Crippen LogP contribution is 2.32. The van der Waals surface area contributed by atoms with Gasteiger partial charge in [-0.05, 0) is 19.4 Å². The zero-order valence-electron chi connectivity index (χ0n) is 11.6. The summed E-state index contributed by atoms with van der Waals surface area (Å²) in [7, 11) is 3.25. The van der Waals surface area contributed by atoms with Crippen LogP contribution in [-0.2, 0) is 6.54 Å². The van der Waals surface area contributed by atoms with Crippen molar-refractivity contribution < 1.29 is 13.2 Å². The van der Waals surface area contributed by atoms with Crippen LogP contribution in [0, 0.1) is 0 Å². The van der Waals surface area contributed by atoms with E-state index in [1.165, 1.54) is 18.4 Å². The Morgan fingerprint density at radius 1 is 1.42 bits per heavy atom. The lowest BCUT2D eigenvalue weighted by Gasteiger charge is -2.17. The van der Waals surface area contributed by atoms with Gasteiger partial charge >= 0.3 is 6.18 Å². The van der Waals surface area contributed by atoms with Gasteiger partial charge in [0.05, 0.1) is 5.69 Å². The minimum absolute atomic E-state index is 0.257. The molecule has 110 valence electrons. The van der Waals surface area contributed by atoms with E-state index in [9.17, 15) is 13.2 Å².